The predicted octanol–water partition coefficient (Wildman–Crippen LogP) is 4.40. The van der Waals surface area contributed by atoms with E-state index in [0.29, 0.717) is 23.3 Å². The van der Waals surface area contributed by atoms with E-state index < -0.39 is 0 Å². The minimum Gasteiger partial charge on any atom is -0.360 e. The van der Waals surface area contributed by atoms with Crippen LogP contribution in [-0.4, -0.2) is 39.9 Å². The fourth-order valence-electron chi connectivity index (χ4n) is 3.91. The van der Waals surface area contributed by atoms with E-state index >= 15 is 0 Å². The molecule has 5 heteroatoms. The third-order valence-corrected chi connectivity index (χ3v) is 5.53. The van der Waals surface area contributed by atoms with Gasteiger partial charge >= 0.3 is 0 Å². The van der Waals surface area contributed by atoms with Crippen LogP contribution in [0.3, 0.4) is 0 Å². The summed E-state index contributed by atoms with van der Waals surface area (Å²) in [6.07, 6.45) is 4.39. The molecule has 0 spiro atoms. The Balaban J connectivity index is 1.54. The zero-order valence-electron chi connectivity index (χ0n) is 15.9. The molecule has 1 amide bonds. The molecule has 4 rings (SSSR count). The first-order valence-electron chi connectivity index (χ1n) is 9.70. The number of aromatic nitrogens is 2. The summed E-state index contributed by atoms with van der Waals surface area (Å²) >= 11 is 0. The number of nitrogens with zero attached hydrogens (tertiary/aromatic N) is 2. The zero-order chi connectivity index (χ0) is 18.8. The van der Waals surface area contributed by atoms with E-state index in [2.05, 4.69) is 35.2 Å². The number of rotatable bonds is 4. The second-order valence-electron chi connectivity index (χ2n) is 7.56. The number of aromatic amines is 1. The van der Waals surface area contributed by atoms with Crippen LogP contribution < -0.4 is 5.32 Å². The molecule has 27 heavy (non-hydrogen) atoms. The van der Waals surface area contributed by atoms with Crippen LogP contribution in [0.4, 0.5) is 5.82 Å². The van der Waals surface area contributed by atoms with Crippen LogP contribution in [0.25, 0.3) is 11.0 Å². The lowest BCUT2D eigenvalue weighted by Gasteiger charge is -2.34. The van der Waals surface area contributed by atoms with Gasteiger partial charge in [-0.3, -0.25) is 4.79 Å². The van der Waals surface area contributed by atoms with Crippen molar-refractivity contribution in [2.24, 2.45) is 0 Å². The number of fused-ring (bicyclic) bond motifs is 1. The van der Waals surface area contributed by atoms with Crippen molar-refractivity contribution in [2.45, 2.75) is 38.6 Å². The summed E-state index contributed by atoms with van der Waals surface area (Å²) in [4.78, 5) is 23.0. The second kappa shape index (κ2) is 7.53. The van der Waals surface area contributed by atoms with Crippen molar-refractivity contribution in [1.29, 1.82) is 0 Å². The van der Waals surface area contributed by atoms with E-state index in [1.807, 2.05) is 30.3 Å². The Bertz CT molecular complexity index is 924. The number of carbonyl (C=O) groups excluding carboxylic acids is 1. The Morgan fingerprint density at radius 3 is 2.59 bits per heavy atom. The maximum absolute atomic E-state index is 12.4. The average Bonchev–Trinajstić information content (AvgIpc) is 3.12. The molecule has 2 aromatic heterocycles. The van der Waals surface area contributed by atoms with Crippen LogP contribution in [0.2, 0.25) is 0 Å². The number of carbonyl (C=O) groups is 1. The number of pyridine rings is 1. The Hall–Kier alpha value is -2.66. The largest absolute Gasteiger partial charge is 0.360 e. The normalized spacial score (nSPS) is 16.1. The lowest BCUT2D eigenvalue weighted by Crippen LogP contribution is -2.37. The topological polar surface area (TPSA) is 61.0 Å². The van der Waals surface area contributed by atoms with Gasteiger partial charge in [0, 0.05) is 17.8 Å². The maximum Gasteiger partial charge on any atom is 0.256 e. The van der Waals surface area contributed by atoms with Crippen molar-refractivity contribution >= 4 is 22.8 Å². The van der Waals surface area contributed by atoms with Crippen molar-refractivity contribution < 1.29 is 4.79 Å². The van der Waals surface area contributed by atoms with Gasteiger partial charge in [-0.15, -0.1) is 0 Å². The number of hydrogen-bond donors (Lipinski definition) is 2. The summed E-state index contributed by atoms with van der Waals surface area (Å²) in [5.41, 5.74) is 3.90. The summed E-state index contributed by atoms with van der Waals surface area (Å²) in [7, 11) is 0. The number of amides is 1. The van der Waals surface area contributed by atoms with Gasteiger partial charge in [0.2, 0.25) is 0 Å². The van der Waals surface area contributed by atoms with Crippen molar-refractivity contribution in [2.75, 3.05) is 18.4 Å². The minimum absolute atomic E-state index is 0.134. The highest BCUT2D eigenvalue weighted by atomic mass is 16.1. The summed E-state index contributed by atoms with van der Waals surface area (Å²) in [6, 6.07) is 13.7. The number of nitrogens with one attached hydrogen (secondary N) is 2. The smallest absolute Gasteiger partial charge is 0.256 e. The van der Waals surface area contributed by atoms with Gasteiger partial charge < -0.3 is 15.2 Å². The van der Waals surface area contributed by atoms with E-state index in [-0.39, 0.29) is 5.91 Å². The van der Waals surface area contributed by atoms with Gasteiger partial charge in [-0.2, -0.15) is 0 Å². The van der Waals surface area contributed by atoms with Crippen LogP contribution in [-0.2, 0) is 0 Å². The molecule has 2 N–H and O–H groups in total. The van der Waals surface area contributed by atoms with Crippen LogP contribution >= 0.6 is 0 Å². The third-order valence-electron chi connectivity index (χ3n) is 5.53. The van der Waals surface area contributed by atoms with Gasteiger partial charge in [0.1, 0.15) is 5.82 Å². The first-order valence-corrected chi connectivity index (χ1v) is 9.70. The Kier molecular flexibility index (Phi) is 4.94. The molecule has 1 aromatic carbocycles. The van der Waals surface area contributed by atoms with Crippen LogP contribution in [0.15, 0.2) is 48.7 Å². The molecule has 0 bridgehead atoms. The number of likely N-dealkylation sites (tertiary alicyclic amines) is 1. The van der Waals surface area contributed by atoms with Crippen LogP contribution in [0, 0.1) is 0 Å². The molecule has 1 aliphatic rings. The molecular formula is C22H26N4O. The Morgan fingerprint density at radius 1 is 1.15 bits per heavy atom. The van der Waals surface area contributed by atoms with E-state index in [0.717, 1.165) is 37.0 Å². The molecule has 0 radical (unpaired) electrons. The van der Waals surface area contributed by atoms with Crippen molar-refractivity contribution in [3.8, 4) is 0 Å². The highest BCUT2D eigenvalue weighted by Crippen LogP contribution is 2.33. The number of hydrogen-bond acceptors (Lipinski definition) is 3. The van der Waals surface area contributed by atoms with Gasteiger partial charge in [0.15, 0.2) is 0 Å². The van der Waals surface area contributed by atoms with E-state index in [1.54, 1.807) is 12.1 Å². The Labute approximate surface area is 159 Å². The lowest BCUT2D eigenvalue weighted by molar-refractivity contribution is 0.102. The summed E-state index contributed by atoms with van der Waals surface area (Å²) in [5, 5.41) is 2.92. The monoisotopic (exact) mass is 362 g/mol. The Morgan fingerprint density at radius 2 is 1.89 bits per heavy atom. The van der Waals surface area contributed by atoms with Crippen LogP contribution in [0.1, 0.15) is 48.5 Å². The highest BCUT2D eigenvalue weighted by Gasteiger charge is 2.24. The predicted molar refractivity (Wildman–Crippen MR) is 109 cm³/mol. The van der Waals surface area contributed by atoms with Crippen molar-refractivity contribution in [3.63, 3.8) is 0 Å². The molecule has 1 aliphatic heterocycles. The number of H-pyrrole nitrogens is 1. The molecule has 3 heterocycles. The van der Waals surface area contributed by atoms with Gasteiger partial charge in [-0.25, -0.2) is 4.98 Å². The molecule has 0 aliphatic carbocycles. The molecule has 1 saturated heterocycles. The zero-order valence-corrected chi connectivity index (χ0v) is 15.9. The molecule has 3 aromatic rings. The fraction of sp³-hybridized carbons (Fsp3) is 0.364. The summed E-state index contributed by atoms with van der Waals surface area (Å²) in [5.74, 6) is 0.975. The summed E-state index contributed by atoms with van der Waals surface area (Å²) in [6.45, 7) is 6.77. The number of benzene rings is 1. The van der Waals surface area contributed by atoms with Gasteiger partial charge in [-0.05, 0) is 75.5 Å². The summed E-state index contributed by atoms with van der Waals surface area (Å²) < 4.78 is 0. The van der Waals surface area contributed by atoms with Crippen LogP contribution in [0.5, 0.6) is 0 Å². The fourth-order valence-corrected chi connectivity index (χ4v) is 3.91. The average molecular weight is 362 g/mol. The minimum atomic E-state index is -0.134. The molecular weight excluding hydrogens is 336 g/mol. The number of anilines is 1. The molecule has 1 fully saturated rings. The van der Waals surface area contributed by atoms with Gasteiger partial charge in [0.25, 0.3) is 5.91 Å². The second-order valence-corrected chi connectivity index (χ2v) is 7.56. The molecule has 0 unspecified atom stereocenters. The van der Waals surface area contributed by atoms with Gasteiger partial charge in [0.05, 0.1) is 11.0 Å². The van der Waals surface area contributed by atoms with Crippen molar-refractivity contribution in [1.82, 2.24) is 14.9 Å². The molecule has 0 saturated carbocycles. The first kappa shape index (κ1) is 17.7. The van der Waals surface area contributed by atoms with E-state index in [1.165, 1.54) is 5.56 Å². The SMILES string of the molecule is CC(C)N1CCC(c2c[nH]c3ccc(NC(=O)c4ccccc4)nc23)CC1. The molecule has 140 valence electrons. The third kappa shape index (κ3) is 3.74. The quantitative estimate of drug-likeness (QED) is 0.723. The van der Waals surface area contributed by atoms with Gasteiger partial charge in [-0.1, -0.05) is 18.2 Å². The first-order chi connectivity index (χ1) is 13.1. The highest BCUT2D eigenvalue weighted by molar-refractivity contribution is 6.04. The standard InChI is InChI=1S/C22H26N4O/c1-15(2)26-12-10-16(11-13-26)18-14-23-19-8-9-20(24-21(18)19)25-22(27)17-6-4-3-5-7-17/h3-9,14-16,23H,10-13H2,1-2H3,(H,24,25,27). The van der Waals surface area contributed by atoms with E-state index in [9.17, 15) is 4.79 Å². The molecule has 5 nitrogen and oxygen atoms in total. The molecule has 0 atom stereocenters. The lowest BCUT2D eigenvalue weighted by atomic mass is 9.90. The maximum atomic E-state index is 12.4. The van der Waals surface area contributed by atoms with Crippen molar-refractivity contribution in [3.05, 3.63) is 59.8 Å². The number of piperidine rings is 1. The van der Waals surface area contributed by atoms with E-state index in [4.69, 9.17) is 4.98 Å².